The van der Waals surface area contributed by atoms with Crippen LogP contribution in [0.15, 0.2) is 22.7 Å². The number of hydrogen-bond donors (Lipinski definition) is 1. The van der Waals surface area contributed by atoms with Gasteiger partial charge in [-0.3, -0.25) is 0 Å². The summed E-state index contributed by atoms with van der Waals surface area (Å²) in [6, 6.07) is 5.27. The summed E-state index contributed by atoms with van der Waals surface area (Å²) in [5.41, 5.74) is 2.36. The van der Waals surface area contributed by atoms with E-state index in [1.165, 1.54) is 0 Å². The molecule has 0 radical (unpaired) electrons. The standard InChI is InChI=1S/C13H14ClNO3/c1-8-11(9(2)18-15-8)7-17-13-10(6-16)4-3-5-12(13)14/h3-5,16H,6-7H2,1-2H3. The van der Waals surface area contributed by atoms with Gasteiger partial charge in [-0.2, -0.15) is 0 Å². The van der Waals surface area contributed by atoms with Gasteiger partial charge in [0.25, 0.3) is 0 Å². The lowest BCUT2D eigenvalue weighted by Crippen LogP contribution is -2.01. The van der Waals surface area contributed by atoms with Crippen molar-refractivity contribution in [3.63, 3.8) is 0 Å². The molecule has 96 valence electrons. The SMILES string of the molecule is Cc1noc(C)c1COc1c(Cl)cccc1CO. The Morgan fingerprint density at radius 3 is 2.78 bits per heavy atom. The van der Waals surface area contributed by atoms with Gasteiger partial charge in [-0.05, 0) is 19.9 Å². The van der Waals surface area contributed by atoms with Crippen LogP contribution in [0.5, 0.6) is 5.75 Å². The van der Waals surface area contributed by atoms with E-state index in [0.717, 1.165) is 17.0 Å². The first kappa shape index (κ1) is 12.9. The zero-order chi connectivity index (χ0) is 13.1. The number of aliphatic hydroxyl groups excluding tert-OH is 1. The summed E-state index contributed by atoms with van der Waals surface area (Å²) in [6.45, 7) is 3.89. The maximum atomic E-state index is 9.24. The van der Waals surface area contributed by atoms with E-state index in [4.69, 9.17) is 20.9 Å². The molecule has 0 aliphatic carbocycles. The fourth-order valence-corrected chi connectivity index (χ4v) is 1.94. The third-order valence-electron chi connectivity index (χ3n) is 2.76. The molecule has 2 aromatic rings. The fraction of sp³-hybridized carbons (Fsp3) is 0.308. The minimum Gasteiger partial charge on any atom is -0.487 e. The lowest BCUT2D eigenvalue weighted by atomic mass is 10.2. The van der Waals surface area contributed by atoms with E-state index in [9.17, 15) is 5.11 Å². The second-order valence-electron chi connectivity index (χ2n) is 3.98. The average molecular weight is 268 g/mol. The van der Waals surface area contributed by atoms with Gasteiger partial charge in [0, 0.05) is 5.56 Å². The molecule has 0 saturated heterocycles. The molecule has 0 unspecified atom stereocenters. The lowest BCUT2D eigenvalue weighted by molar-refractivity contribution is 0.258. The Kier molecular flexibility index (Phi) is 3.89. The van der Waals surface area contributed by atoms with Crippen LogP contribution in [0.3, 0.4) is 0 Å². The van der Waals surface area contributed by atoms with Gasteiger partial charge in [0.2, 0.25) is 0 Å². The van der Waals surface area contributed by atoms with Crippen LogP contribution in [-0.4, -0.2) is 10.3 Å². The van der Waals surface area contributed by atoms with Gasteiger partial charge < -0.3 is 14.4 Å². The van der Waals surface area contributed by atoms with Crippen molar-refractivity contribution in [3.8, 4) is 5.75 Å². The molecule has 1 aromatic carbocycles. The highest BCUT2D eigenvalue weighted by molar-refractivity contribution is 6.32. The van der Waals surface area contributed by atoms with E-state index in [2.05, 4.69) is 5.16 Å². The van der Waals surface area contributed by atoms with Crippen LogP contribution in [0.25, 0.3) is 0 Å². The summed E-state index contributed by atoms with van der Waals surface area (Å²) in [5, 5.41) is 13.6. The van der Waals surface area contributed by atoms with Crippen molar-refractivity contribution in [2.75, 3.05) is 0 Å². The van der Waals surface area contributed by atoms with Crippen LogP contribution in [0.4, 0.5) is 0 Å². The Balaban J connectivity index is 2.20. The predicted molar refractivity (Wildman–Crippen MR) is 67.7 cm³/mol. The first-order valence-corrected chi connectivity index (χ1v) is 5.94. The van der Waals surface area contributed by atoms with E-state index >= 15 is 0 Å². The Morgan fingerprint density at radius 1 is 1.39 bits per heavy atom. The highest BCUT2D eigenvalue weighted by atomic mass is 35.5. The molecule has 0 spiro atoms. The highest BCUT2D eigenvalue weighted by Gasteiger charge is 2.12. The molecule has 0 aliphatic heterocycles. The van der Waals surface area contributed by atoms with Crippen molar-refractivity contribution in [1.82, 2.24) is 5.16 Å². The van der Waals surface area contributed by atoms with E-state index in [1.54, 1.807) is 18.2 Å². The summed E-state index contributed by atoms with van der Waals surface area (Å²) < 4.78 is 10.7. The zero-order valence-electron chi connectivity index (χ0n) is 10.2. The minimum absolute atomic E-state index is 0.114. The molecule has 1 aromatic heterocycles. The van der Waals surface area contributed by atoms with Gasteiger partial charge in [-0.15, -0.1) is 0 Å². The van der Waals surface area contributed by atoms with E-state index in [-0.39, 0.29) is 6.61 Å². The van der Waals surface area contributed by atoms with Crippen molar-refractivity contribution in [2.24, 2.45) is 0 Å². The number of aromatic nitrogens is 1. The number of aryl methyl sites for hydroxylation is 2. The summed E-state index contributed by atoms with van der Waals surface area (Å²) >= 11 is 6.05. The molecule has 4 nitrogen and oxygen atoms in total. The van der Waals surface area contributed by atoms with Crippen molar-refractivity contribution in [2.45, 2.75) is 27.1 Å². The molecule has 5 heteroatoms. The third kappa shape index (κ3) is 2.49. The van der Waals surface area contributed by atoms with Crippen LogP contribution in [-0.2, 0) is 13.2 Å². The second kappa shape index (κ2) is 5.42. The topological polar surface area (TPSA) is 55.5 Å². The summed E-state index contributed by atoms with van der Waals surface area (Å²) in [6.07, 6.45) is 0. The molecular weight excluding hydrogens is 254 g/mol. The molecule has 18 heavy (non-hydrogen) atoms. The fourth-order valence-electron chi connectivity index (χ4n) is 1.69. The van der Waals surface area contributed by atoms with Gasteiger partial charge in [-0.25, -0.2) is 0 Å². The Bertz CT molecular complexity index is 532. The van der Waals surface area contributed by atoms with Gasteiger partial charge in [0.15, 0.2) is 0 Å². The highest BCUT2D eigenvalue weighted by Crippen LogP contribution is 2.30. The van der Waals surface area contributed by atoms with Crippen LogP contribution < -0.4 is 4.74 Å². The van der Waals surface area contributed by atoms with E-state index in [1.807, 2.05) is 13.8 Å². The van der Waals surface area contributed by atoms with Gasteiger partial charge in [0.1, 0.15) is 18.1 Å². The molecule has 0 saturated carbocycles. The number of hydrogen-bond acceptors (Lipinski definition) is 4. The molecule has 1 N–H and O–H groups in total. The van der Waals surface area contributed by atoms with Gasteiger partial charge in [-0.1, -0.05) is 28.9 Å². The van der Waals surface area contributed by atoms with Crippen LogP contribution in [0.2, 0.25) is 5.02 Å². The summed E-state index contributed by atoms with van der Waals surface area (Å²) in [5.74, 6) is 1.23. The first-order chi connectivity index (χ1) is 8.63. The predicted octanol–water partition coefficient (Wildman–Crippen LogP) is 3.02. The molecule has 0 fully saturated rings. The van der Waals surface area contributed by atoms with Crippen molar-refractivity contribution in [1.29, 1.82) is 0 Å². The van der Waals surface area contributed by atoms with Gasteiger partial charge in [0.05, 0.1) is 22.9 Å². The first-order valence-electron chi connectivity index (χ1n) is 5.56. The number of para-hydroxylation sites is 1. The maximum Gasteiger partial charge on any atom is 0.143 e. The second-order valence-corrected chi connectivity index (χ2v) is 4.38. The smallest absolute Gasteiger partial charge is 0.143 e. The molecular formula is C13H14ClNO3. The van der Waals surface area contributed by atoms with Crippen LogP contribution >= 0.6 is 11.6 Å². The zero-order valence-corrected chi connectivity index (χ0v) is 11.0. The number of nitrogens with zero attached hydrogens (tertiary/aromatic N) is 1. The number of ether oxygens (including phenoxy) is 1. The average Bonchev–Trinajstić information content (AvgIpc) is 2.68. The molecule has 0 atom stereocenters. The normalized spacial score (nSPS) is 10.7. The third-order valence-corrected chi connectivity index (χ3v) is 3.06. The minimum atomic E-state index is -0.114. The number of rotatable bonds is 4. The Labute approximate surface area is 110 Å². The monoisotopic (exact) mass is 267 g/mol. The van der Waals surface area contributed by atoms with Crippen molar-refractivity contribution >= 4 is 11.6 Å². The van der Waals surface area contributed by atoms with Crippen LogP contribution in [0, 0.1) is 13.8 Å². The molecule has 0 bridgehead atoms. The Hall–Kier alpha value is -1.52. The number of aliphatic hydroxyl groups is 1. The van der Waals surface area contributed by atoms with E-state index < -0.39 is 0 Å². The summed E-state index contributed by atoms with van der Waals surface area (Å²) in [4.78, 5) is 0. The van der Waals surface area contributed by atoms with Crippen molar-refractivity contribution < 1.29 is 14.4 Å². The number of halogens is 1. The van der Waals surface area contributed by atoms with Gasteiger partial charge >= 0.3 is 0 Å². The molecule has 2 rings (SSSR count). The largest absolute Gasteiger partial charge is 0.487 e. The quantitative estimate of drug-likeness (QED) is 0.925. The molecule has 0 amide bonds. The molecule has 1 heterocycles. The molecule has 0 aliphatic rings. The van der Waals surface area contributed by atoms with Crippen molar-refractivity contribution in [3.05, 3.63) is 45.8 Å². The van der Waals surface area contributed by atoms with Crippen LogP contribution in [0.1, 0.15) is 22.6 Å². The number of benzene rings is 1. The summed E-state index contributed by atoms with van der Waals surface area (Å²) in [7, 11) is 0. The Morgan fingerprint density at radius 2 is 2.17 bits per heavy atom. The van der Waals surface area contributed by atoms with E-state index in [0.29, 0.717) is 22.9 Å². The maximum absolute atomic E-state index is 9.24. The lowest BCUT2D eigenvalue weighted by Gasteiger charge is -2.11.